The standard InChI is InChI=1S/C18H23NO3S/c20-16(19-18(17(21)22)7-9-23-10-8-18)12-13-5-6-14-3-1-2-4-15(14)11-13/h5-6,11H,1-4,7-10,12H2,(H,19,20)(H,21,22). The fourth-order valence-electron chi connectivity index (χ4n) is 3.51. The van der Waals surface area contributed by atoms with Crippen molar-refractivity contribution >= 4 is 23.6 Å². The van der Waals surface area contributed by atoms with Crippen LogP contribution in [0.15, 0.2) is 18.2 Å². The van der Waals surface area contributed by atoms with E-state index < -0.39 is 11.5 Å². The lowest BCUT2D eigenvalue weighted by Gasteiger charge is -2.33. The number of amides is 1. The van der Waals surface area contributed by atoms with Crippen LogP contribution in [0.4, 0.5) is 0 Å². The van der Waals surface area contributed by atoms with Gasteiger partial charge in [-0.05, 0) is 66.7 Å². The van der Waals surface area contributed by atoms with E-state index >= 15 is 0 Å². The Hall–Kier alpha value is -1.49. The Morgan fingerprint density at radius 2 is 1.83 bits per heavy atom. The fraction of sp³-hybridized carbons (Fsp3) is 0.556. The van der Waals surface area contributed by atoms with Gasteiger partial charge in [0.2, 0.25) is 5.91 Å². The summed E-state index contributed by atoms with van der Waals surface area (Å²) in [5.74, 6) is 0.475. The van der Waals surface area contributed by atoms with Crippen molar-refractivity contribution in [3.63, 3.8) is 0 Å². The van der Waals surface area contributed by atoms with Gasteiger partial charge in [0.05, 0.1) is 6.42 Å². The molecule has 124 valence electrons. The van der Waals surface area contributed by atoms with Crippen LogP contribution in [0, 0.1) is 0 Å². The average Bonchev–Trinajstić information content (AvgIpc) is 2.55. The minimum Gasteiger partial charge on any atom is -0.480 e. The Bertz CT molecular complexity index is 608. The molecule has 1 saturated heterocycles. The molecule has 0 unspecified atom stereocenters. The molecule has 0 saturated carbocycles. The van der Waals surface area contributed by atoms with E-state index in [1.807, 2.05) is 6.07 Å². The van der Waals surface area contributed by atoms with Crippen LogP contribution in [0.5, 0.6) is 0 Å². The zero-order valence-electron chi connectivity index (χ0n) is 13.3. The van der Waals surface area contributed by atoms with E-state index in [2.05, 4.69) is 17.4 Å². The molecule has 0 spiro atoms. The number of hydrogen-bond donors (Lipinski definition) is 2. The number of benzene rings is 1. The zero-order valence-corrected chi connectivity index (χ0v) is 14.1. The van der Waals surface area contributed by atoms with Crippen molar-refractivity contribution in [3.05, 3.63) is 34.9 Å². The van der Waals surface area contributed by atoms with Crippen LogP contribution < -0.4 is 5.32 Å². The van der Waals surface area contributed by atoms with Crippen molar-refractivity contribution in [1.29, 1.82) is 0 Å². The summed E-state index contributed by atoms with van der Waals surface area (Å²) in [5.41, 5.74) is 2.65. The van der Waals surface area contributed by atoms with Crippen molar-refractivity contribution in [2.24, 2.45) is 0 Å². The van der Waals surface area contributed by atoms with Crippen LogP contribution in [0.3, 0.4) is 0 Å². The predicted octanol–water partition coefficient (Wildman–Crippen LogP) is 2.57. The second kappa shape index (κ2) is 6.95. The molecule has 23 heavy (non-hydrogen) atoms. The third kappa shape index (κ3) is 3.71. The molecule has 1 aromatic carbocycles. The van der Waals surface area contributed by atoms with Gasteiger partial charge >= 0.3 is 5.97 Å². The number of aliphatic carboxylic acids is 1. The van der Waals surface area contributed by atoms with E-state index in [4.69, 9.17) is 0 Å². The van der Waals surface area contributed by atoms with Crippen molar-refractivity contribution in [2.75, 3.05) is 11.5 Å². The molecular weight excluding hydrogens is 310 g/mol. The van der Waals surface area contributed by atoms with Gasteiger partial charge in [-0.25, -0.2) is 4.79 Å². The van der Waals surface area contributed by atoms with Gasteiger partial charge in [0.1, 0.15) is 5.54 Å². The number of nitrogens with one attached hydrogen (secondary N) is 1. The summed E-state index contributed by atoms with van der Waals surface area (Å²) in [4.78, 5) is 24.0. The Morgan fingerprint density at radius 3 is 2.52 bits per heavy atom. The van der Waals surface area contributed by atoms with Crippen LogP contribution in [-0.2, 0) is 28.9 Å². The maximum absolute atomic E-state index is 12.4. The molecule has 1 fully saturated rings. The predicted molar refractivity (Wildman–Crippen MR) is 91.9 cm³/mol. The zero-order chi connectivity index (χ0) is 16.3. The highest BCUT2D eigenvalue weighted by Gasteiger charge is 2.41. The van der Waals surface area contributed by atoms with Crippen LogP contribution in [0.2, 0.25) is 0 Å². The van der Waals surface area contributed by atoms with Gasteiger partial charge < -0.3 is 10.4 Å². The van der Waals surface area contributed by atoms with Crippen molar-refractivity contribution in [3.8, 4) is 0 Å². The van der Waals surface area contributed by atoms with Crippen LogP contribution in [0.25, 0.3) is 0 Å². The number of carbonyl (C=O) groups excluding carboxylic acids is 1. The molecule has 0 radical (unpaired) electrons. The highest BCUT2D eigenvalue weighted by atomic mass is 32.2. The van der Waals surface area contributed by atoms with E-state index in [0.717, 1.165) is 29.9 Å². The first-order valence-electron chi connectivity index (χ1n) is 8.32. The molecule has 0 aromatic heterocycles. The Labute approximate surface area is 141 Å². The summed E-state index contributed by atoms with van der Waals surface area (Å²) in [7, 11) is 0. The first kappa shape index (κ1) is 16.4. The molecule has 1 aliphatic heterocycles. The second-order valence-electron chi connectivity index (χ2n) is 6.53. The van der Waals surface area contributed by atoms with Gasteiger partial charge in [0.25, 0.3) is 0 Å². The molecule has 2 aliphatic rings. The maximum atomic E-state index is 12.4. The lowest BCUT2D eigenvalue weighted by molar-refractivity contribution is -0.148. The largest absolute Gasteiger partial charge is 0.480 e. The van der Waals surface area contributed by atoms with Gasteiger partial charge in [-0.3, -0.25) is 4.79 Å². The smallest absolute Gasteiger partial charge is 0.329 e. The number of aryl methyl sites for hydroxylation is 2. The molecule has 4 nitrogen and oxygen atoms in total. The number of fused-ring (bicyclic) bond motifs is 1. The van der Waals surface area contributed by atoms with E-state index in [0.29, 0.717) is 12.8 Å². The Morgan fingerprint density at radius 1 is 1.13 bits per heavy atom. The summed E-state index contributed by atoms with van der Waals surface area (Å²) in [6.45, 7) is 0. The Kier molecular flexibility index (Phi) is 4.95. The van der Waals surface area contributed by atoms with Crippen molar-refractivity contribution in [2.45, 2.75) is 50.5 Å². The highest BCUT2D eigenvalue weighted by Crippen LogP contribution is 2.28. The SMILES string of the molecule is O=C(Cc1ccc2c(c1)CCCC2)NC1(C(=O)O)CCSCC1. The molecule has 1 aromatic rings. The van der Waals surface area contributed by atoms with Crippen LogP contribution in [-0.4, -0.2) is 34.0 Å². The average molecular weight is 333 g/mol. The van der Waals surface area contributed by atoms with Crippen LogP contribution >= 0.6 is 11.8 Å². The number of carboxylic acid groups (broad SMARTS) is 1. The van der Waals surface area contributed by atoms with Gasteiger partial charge in [0, 0.05) is 0 Å². The van der Waals surface area contributed by atoms with Gasteiger partial charge in [-0.2, -0.15) is 11.8 Å². The lowest BCUT2D eigenvalue weighted by Crippen LogP contribution is -2.56. The molecule has 3 rings (SSSR count). The minimum absolute atomic E-state index is 0.185. The monoisotopic (exact) mass is 333 g/mol. The number of carboxylic acids is 1. The highest BCUT2D eigenvalue weighted by molar-refractivity contribution is 7.99. The molecule has 0 atom stereocenters. The maximum Gasteiger partial charge on any atom is 0.329 e. The third-order valence-electron chi connectivity index (χ3n) is 4.91. The van der Waals surface area contributed by atoms with Crippen molar-refractivity contribution < 1.29 is 14.7 Å². The lowest BCUT2D eigenvalue weighted by atomic mass is 9.89. The van der Waals surface area contributed by atoms with Crippen LogP contribution in [0.1, 0.15) is 42.4 Å². The van der Waals surface area contributed by atoms with E-state index in [1.54, 1.807) is 11.8 Å². The summed E-state index contributed by atoms with van der Waals surface area (Å²) >= 11 is 1.75. The Balaban J connectivity index is 1.67. The summed E-state index contributed by atoms with van der Waals surface area (Å²) in [6, 6.07) is 6.26. The number of carbonyl (C=O) groups is 2. The van der Waals surface area contributed by atoms with E-state index in [9.17, 15) is 14.7 Å². The molecule has 2 N–H and O–H groups in total. The first-order valence-corrected chi connectivity index (χ1v) is 9.47. The number of hydrogen-bond acceptors (Lipinski definition) is 3. The molecule has 1 heterocycles. The normalized spacial score (nSPS) is 19.7. The third-order valence-corrected chi connectivity index (χ3v) is 5.90. The molecular formula is C18H23NO3S. The minimum atomic E-state index is -1.07. The second-order valence-corrected chi connectivity index (χ2v) is 7.76. The van der Waals surface area contributed by atoms with Gasteiger partial charge in [-0.15, -0.1) is 0 Å². The van der Waals surface area contributed by atoms with E-state index in [1.165, 1.54) is 24.0 Å². The van der Waals surface area contributed by atoms with Crippen molar-refractivity contribution in [1.82, 2.24) is 5.32 Å². The topological polar surface area (TPSA) is 66.4 Å². The van der Waals surface area contributed by atoms with E-state index in [-0.39, 0.29) is 12.3 Å². The number of thioether (sulfide) groups is 1. The summed E-state index contributed by atoms with van der Waals surface area (Å²) in [5, 5.41) is 12.3. The molecule has 1 aliphatic carbocycles. The quantitative estimate of drug-likeness (QED) is 0.889. The van der Waals surface area contributed by atoms with Gasteiger partial charge in [0.15, 0.2) is 0 Å². The molecule has 5 heteroatoms. The fourth-order valence-corrected chi connectivity index (χ4v) is 4.70. The van der Waals surface area contributed by atoms with Gasteiger partial charge in [-0.1, -0.05) is 18.2 Å². The first-order chi connectivity index (χ1) is 11.1. The summed E-state index contributed by atoms with van der Waals surface area (Å²) < 4.78 is 0. The summed E-state index contributed by atoms with van der Waals surface area (Å²) in [6.07, 6.45) is 5.93. The number of rotatable bonds is 4. The molecule has 1 amide bonds. The molecule has 0 bridgehead atoms.